The second-order valence-corrected chi connectivity index (χ2v) is 6.21. The molecule has 2 rings (SSSR count). The Morgan fingerprint density at radius 1 is 1.35 bits per heavy atom. The zero-order chi connectivity index (χ0) is 12.3. The monoisotopic (exact) mass is 289 g/mol. The maximum atomic E-state index is 11.9. The predicted molar refractivity (Wildman–Crippen MR) is 65.4 cm³/mol. The van der Waals surface area contributed by atoms with Gasteiger partial charge in [-0.25, -0.2) is 13.1 Å². The molecule has 0 radical (unpaired) electrons. The molecule has 8 heteroatoms. The predicted octanol–water partition coefficient (Wildman–Crippen LogP) is 1.67. The first-order valence-electron chi connectivity index (χ1n) is 4.56. The van der Waals surface area contributed by atoms with Crippen molar-refractivity contribution in [2.45, 2.75) is 11.4 Å². The van der Waals surface area contributed by atoms with Gasteiger partial charge in [0.1, 0.15) is 4.90 Å². The molecule has 0 bridgehead atoms. The first-order chi connectivity index (χ1) is 8.09. The molecule has 2 aromatic rings. The molecule has 0 unspecified atom stereocenters. The van der Waals surface area contributed by atoms with Gasteiger partial charge in [0.15, 0.2) is 0 Å². The van der Waals surface area contributed by atoms with Gasteiger partial charge >= 0.3 is 0 Å². The highest BCUT2D eigenvalue weighted by Gasteiger charge is 2.17. The summed E-state index contributed by atoms with van der Waals surface area (Å²) in [5, 5.41) is 0.150. The van der Waals surface area contributed by atoms with E-state index >= 15 is 0 Å². The molecule has 17 heavy (non-hydrogen) atoms. The SMILES string of the molecule is O=S(=O)(NCc1cncs1)c1cnccc1Cl. The smallest absolute Gasteiger partial charge is 0.243 e. The van der Waals surface area contributed by atoms with Gasteiger partial charge in [0.05, 0.1) is 10.5 Å². The van der Waals surface area contributed by atoms with Crippen LogP contribution in [-0.2, 0) is 16.6 Å². The van der Waals surface area contributed by atoms with Gasteiger partial charge in [0.25, 0.3) is 0 Å². The van der Waals surface area contributed by atoms with Crippen LogP contribution >= 0.6 is 22.9 Å². The van der Waals surface area contributed by atoms with E-state index < -0.39 is 10.0 Å². The molecule has 0 amide bonds. The third-order valence-corrected chi connectivity index (χ3v) is 4.59. The highest BCUT2D eigenvalue weighted by atomic mass is 35.5. The van der Waals surface area contributed by atoms with E-state index in [1.165, 1.54) is 29.8 Å². The Hall–Kier alpha value is -1.02. The fourth-order valence-electron chi connectivity index (χ4n) is 1.13. The number of halogens is 1. The first kappa shape index (κ1) is 12.4. The highest BCUT2D eigenvalue weighted by molar-refractivity contribution is 7.89. The minimum Gasteiger partial charge on any atom is -0.263 e. The molecule has 0 saturated carbocycles. The van der Waals surface area contributed by atoms with Crippen LogP contribution in [0.5, 0.6) is 0 Å². The third kappa shape index (κ3) is 3.01. The Bertz CT molecular complexity index is 598. The molecule has 0 aromatic carbocycles. The van der Waals surface area contributed by atoms with Crippen LogP contribution < -0.4 is 4.72 Å². The number of aromatic nitrogens is 2. The minimum atomic E-state index is -3.63. The highest BCUT2D eigenvalue weighted by Crippen LogP contribution is 2.19. The summed E-state index contributed by atoms with van der Waals surface area (Å²) in [6.45, 7) is 0.193. The van der Waals surface area contributed by atoms with Gasteiger partial charge in [-0.15, -0.1) is 11.3 Å². The fourth-order valence-corrected chi connectivity index (χ4v) is 3.20. The minimum absolute atomic E-state index is 0.0221. The summed E-state index contributed by atoms with van der Waals surface area (Å²) in [6.07, 6.45) is 4.26. The van der Waals surface area contributed by atoms with Crippen molar-refractivity contribution in [3.8, 4) is 0 Å². The number of nitrogens with one attached hydrogen (secondary N) is 1. The number of hydrogen-bond donors (Lipinski definition) is 1. The molecule has 2 aromatic heterocycles. The summed E-state index contributed by atoms with van der Waals surface area (Å²) in [5.74, 6) is 0. The molecule has 0 saturated heterocycles. The number of hydrogen-bond acceptors (Lipinski definition) is 5. The lowest BCUT2D eigenvalue weighted by atomic mass is 10.5. The Balaban J connectivity index is 2.17. The molecular formula is C9H8ClN3O2S2. The van der Waals surface area contributed by atoms with E-state index in [0.717, 1.165) is 4.88 Å². The molecule has 0 aliphatic heterocycles. The zero-order valence-electron chi connectivity index (χ0n) is 8.50. The van der Waals surface area contributed by atoms with Crippen molar-refractivity contribution in [1.29, 1.82) is 0 Å². The number of sulfonamides is 1. The quantitative estimate of drug-likeness (QED) is 0.929. The van der Waals surface area contributed by atoms with Crippen LogP contribution in [0.15, 0.2) is 35.1 Å². The van der Waals surface area contributed by atoms with Crippen LogP contribution in [0.1, 0.15) is 4.88 Å². The summed E-state index contributed by atoms with van der Waals surface area (Å²) in [7, 11) is -3.63. The van der Waals surface area contributed by atoms with E-state index in [4.69, 9.17) is 11.6 Å². The van der Waals surface area contributed by atoms with Crippen molar-refractivity contribution in [3.63, 3.8) is 0 Å². The Morgan fingerprint density at radius 2 is 2.18 bits per heavy atom. The Kier molecular flexibility index (Phi) is 3.72. The van der Waals surface area contributed by atoms with E-state index in [9.17, 15) is 8.42 Å². The molecule has 0 aliphatic carbocycles. The lowest BCUT2D eigenvalue weighted by Crippen LogP contribution is -2.23. The normalized spacial score (nSPS) is 11.6. The fraction of sp³-hybridized carbons (Fsp3) is 0.111. The zero-order valence-corrected chi connectivity index (χ0v) is 10.9. The number of thiazole rings is 1. The van der Waals surface area contributed by atoms with Gasteiger partial charge in [0, 0.05) is 30.0 Å². The molecular weight excluding hydrogens is 282 g/mol. The topological polar surface area (TPSA) is 72.0 Å². The standard InChI is InChI=1S/C9H8ClN3O2S2/c10-8-1-2-11-5-9(8)17(14,15)13-4-7-3-12-6-16-7/h1-3,5-6,13H,4H2. The maximum Gasteiger partial charge on any atom is 0.243 e. The number of pyridine rings is 1. The number of rotatable bonds is 4. The molecule has 90 valence electrons. The molecule has 0 aliphatic rings. The van der Waals surface area contributed by atoms with Crippen molar-refractivity contribution >= 4 is 33.0 Å². The van der Waals surface area contributed by atoms with E-state index in [-0.39, 0.29) is 16.5 Å². The van der Waals surface area contributed by atoms with Crippen LogP contribution in [-0.4, -0.2) is 18.4 Å². The summed E-state index contributed by atoms with van der Waals surface area (Å²) in [4.78, 5) is 8.41. The average molecular weight is 290 g/mol. The third-order valence-electron chi connectivity index (χ3n) is 1.94. The van der Waals surface area contributed by atoms with Gasteiger partial charge in [-0.1, -0.05) is 11.6 Å². The van der Waals surface area contributed by atoms with Gasteiger partial charge in [-0.05, 0) is 6.07 Å². The van der Waals surface area contributed by atoms with E-state index in [2.05, 4.69) is 14.7 Å². The van der Waals surface area contributed by atoms with Gasteiger partial charge < -0.3 is 0 Å². The van der Waals surface area contributed by atoms with Crippen molar-refractivity contribution in [3.05, 3.63) is 40.1 Å². The summed E-state index contributed by atoms with van der Waals surface area (Å²) < 4.78 is 26.2. The van der Waals surface area contributed by atoms with Crippen molar-refractivity contribution in [2.75, 3.05) is 0 Å². The second kappa shape index (κ2) is 5.09. The molecule has 2 heterocycles. The van der Waals surface area contributed by atoms with E-state index in [1.54, 1.807) is 11.7 Å². The number of nitrogens with zero attached hydrogens (tertiary/aromatic N) is 2. The van der Waals surface area contributed by atoms with Crippen LogP contribution in [0.4, 0.5) is 0 Å². The Morgan fingerprint density at radius 3 is 2.82 bits per heavy atom. The Labute approximate surface area is 108 Å². The van der Waals surface area contributed by atoms with Crippen molar-refractivity contribution < 1.29 is 8.42 Å². The van der Waals surface area contributed by atoms with Gasteiger partial charge in [0.2, 0.25) is 10.0 Å². The van der Waals surface area contributed by atoms with Gasteiger partial charge in [-0.3, -0.25) is 9.97 Å². The van der Waals surface area contributed by atoms with Crippen LogP contribution in [0.25, 0.3) is 0 Å². The molecule has 0 spiro atoms. The van der Waals surface area contributed by atoms with Gasteiger partial charge in [-0.2, -0.15) is 0 Å². The lowest BCUT2D eigenvalue weighted by Gasteiger charge is -2.06. The largest absolute Gasteiger partial charge is 0.263 e. The molecule has 5 nitrogen and oxygen atoms in total. The van der Waals surface area contributed by atoms with Crippen molar-refractivity contribution in [1.82, 2.24) is 14.7 Å². The second-order valence-electron chi connectivity index (χ2n) is 3.10. The molecule has 1 N–H and O–H groups in total. The summed E-state index contributed by atoms with van der Waals surface area (Å²) in [6, 6.07) is 1.43. The van der Waals surface area contributed by atoms with Crippen LogP contribution in [0.3, 0.4) is 0 Å². The van der Waals surface area contributed by atoms with E-state index in [1.807, 2.05) is 0 Å². The van der Waals surface area contributed by atoms with Crippen LogP contribution in [0.2, 0.25) is 5.02 Å². The molecule has 0 fully saturated rings. The van der Waals surface area contributed by atoms with Crippen molar-refractivity contribution in [2.24, 2.45) is 0 Å². The first-order valence-corrected chi connectivity index (χ1v) is 7.30. The van der Waals surface area contributed by atoms with E-state index in [0.29, 0.717) is 0 Å². The maximum absolute atomic E-state index is 11.9. The average Bonchev–Trinajstić information content (AvgIpc) is 2.80. The molecule has 0 atom stereocenters. The summed E-state index contributed by atoms with van der Waals surface area (Å²) in [5.41, 5.74) is 1.64. The van der Waals surface area contributed by atoms with Crippen LogP contribution in [0, 0.1) is 0 Å². The lowest BCUT2D eigenvalue weighted by molar-refractivity contribution is 0.581. The summed E-state index contributed by atoms with van der Waals surface area (Å²) >= 11 is 7.18.